The SMILES string of the molecule is O=C(O)CCc1ccccc1C(=O)NCC1CCCc2cccnc21. The van der Waals surface area contributed by atoms with Gasteiger partial charge in [-0.25, -0.2) is 0 Å². The first-order valence-corrected chi connectivity index (χ1v) is 8.67. The number of benzene rings is 1. The maximum absolute atomic E-state index is 12.6. The number of amides is 1. The van der Waals surface area contributed by atoms with Gasteiger partial charge in [0.25, 0.3) is 5.91 Å². The maximum atomic E-state index is 12.6. The average molecular weight is 338 g/mol. The Labute approximate surface area is 147 Å². The summed E-state index contributed by atoms with van der Waals surface area (Å²) in [6, 6.07) is 11.3. The molecule has 0 bridgehead atoms. The van der Waals surface area contributed by atoms with Crippen LogP contribution in [-0.4, -0.2) is 28.5 Å². The molecular formula is C20H22N2O3. The Kier molecular flexibility index (Phi) is 5.43. The highest BCUT2D eigenvalue weighted by atomic mass is 16.4. The van der Waals surface area contributed by atoms with E-state index in [1.165, 1.54) is 5.56 Å². The molecule has 1 aliphatic carbocycles. The van der Waals surface area contributed by atoms with Gasteiger partial charge in [-0.05, 0) is 48.9 Å². The van der Waals surface area contributed by atoms with Crippen LogP contribution in [-0.2, 0) is 17.6 Å². The molecule has 0 fully saturated rings. The van der Waals surface area contributed by atoms with Gasteiger partial charge in [-0.2, -0.15) is 0 Å². The smallest absolute Gasteiger partial charge is 0.303 e. The molecule has 1 amide bonds. The molecule has 1 aliphatic rings. The molecule has 1 aromatic carbocycles. The number of nitrogens with zero attached hydrogens (tertiary/aromatic N) is 1. The standard InChI is InChI=1S/C20H22N2O3/c23-18(24)11-10-14-5-1-2-9-17(14)20(25)22-13-16-7-3-6-15-8-4-12-21-19(15)16/h1-2,4-5,8-9,12,16H,3,6-7,10-11,13H2,(H,22,25)(H,23,24). The topological polar surface area (TPSA) is 79.3 Å². The van der Waals surface area contributed by atoms with Crippen molar-refractivity contribution >= 4 is 11.9 Å². The summed E-state index contributed by atoms with van der Waals surface area (Å²) in [4.78, 5) is 27.9. The Hall–Kier alpha value is -2.69. The summed E-state index contributed by atoms with van der Waals surface area (Å²) >= 11 is 0. The second kappa shape index (κ2) is 7.92. The number of carbonyl (C=O) groups is 2. The van der Waals surface area contributed by atoms with Crippen LogP contribution in [0.3, 0.4) is 0 Å². The predicted molar refractivity (Wildman–Crippen MR) is 94.6 cm³/mol. The minimum Gasteiger partial charge on any atom is -0.481 e. The van der Waals surface area contributed by atoms with Crippen molar-refractivity contribution in [2.75, 3.05) is 6.54 Å². The maximum Gasteiger partial charge on any atom is 0.303 e. The summed E-state index contributed by atoms with van der Waals surface area (Å²) in [6.07, 6.45) is 5.35. The molecule has 5 nitrogen and oxygen atoms in total. The van der Waals surface area contributed by atoms with E-state index in [2.05, 4.69) is 16.4 Å². The molecule has 3 rings (SSSR count). The molecule has 1 atom stereocenters. The lowest BCUT2D eigenvalue weighted by molar-refractivity contribution is -0.136. The summed E-state index contributed by atoms with van der Waals surface area (Å²) in [7, 11) is 0. The van der Waals surface area contributed by atoms with Crippen molar-refractivity contribution in [3.63, 3.8) is 0 Å². The molecular weight excluding hydrogens is 316 g/mol. The van der Waals surface area contributed by atoms with Crippen LogP contribution < -0.4 is 5.32 Å². The van der Waals surface area contributed by atoms with Crippen LogP contribution >= 0.6 is 0 Å². The zero-order valence-corrected chi connectivity index (χ0v) is 14.1. The fourth-order valence-corrected chi connectivity index (χ4v) is 3.42. The van der Waals surface area contributed by atoms with E-state index < -0.39 is 5.97 Å². The van der Waals surface area contributed by atoms with Crippen molar-refractivity contribution in [3.8, 4) is 0 Å². The molecule has 1 aromatic heterocycles. The lowest BCUT2D eigenvalue weighted by Gasteiger charge is -2.24. The fourth-order valence-electron chi connectivity index (χ4n) is 3.42. The molecule has 1 unspecified atom stereocenters. The summed E-state index contributed by atoms with van der Waals surface area (Å²) in [5, 5.41) is 11.9. The van der Waals surface area contributed by atoms with E-state index in [1.54, 1.807) is 18.3 Å². The van der Waals surface area contributed by atoms with E-state index in [-0.39, 0.29) is 18.2 Å². The van der Waals surface area contributed by atoms with E-state index in [0.29, 0.717) is 18.5 Å². The van der Waals surface area contributed by atoms with E-state index in [9.17, 15) is 9.59 Å². The molecule has 0 spiro atoms. The summed E-state index contributed by atoms with van der Waals surface area (Å²) < 4.78 is 0. The molecule has 2 aromatic rings. The zero-order valence-electron chi connectivity index (χ0n) is 14.1. The van der Waals surface area contributed by atoms with E-state index in [4.69, 9.17) is 5.11 Å². The predicted octanol–water partition coefficient (Wildman–Crippen LogP) is 2.95. The third kappa shape index (κ3) is 4.24. The van der Waals surface area contributed by atoms with Crippen molar-refractivity contribution in [1.82, 2.24) is 10.3 Å². The van der Waals surface area contributed by atoms with Gasteiger partial charge in [-0.15, -0.1) is 0 Å². The number of pyridine rings is 1. The third-order valence-corrected chi connectivity index (χ3v) is 4.69. The third-order valence-electron chi connectivity index (χ3n) is 4.69. The second-order valence-corrected chi connectivity index (χ2v) is 6.40. The molecule has 0 saturated carbocycles. The van der Waals surface area contributed by atoms with Crippen LogP contribution in [0.25, 0.3) is 0 Å². The molecule has 1 heterocycles. The highest BCUT2D eigenvalue weighted by Crippen LogP contribution is 2.29. The highest BCUT2D eigenvalue weighted by molar-refractivity contribution is 5.95. The van der Waals surface area contributed by atoms with Gasteiger partial charge in [0.2, 0.25) is 0 Å². The van der Waals surface area contributed by atoms with Crippen LogP contribution in [0.2, 0.25) is 0 Å². The van der Waals surface area contributed by atoms with Crippen LogP contribution in [0.5, 0.6) is 0 Å². The first kappa shape index (κ1) is 17.1. The van der Waals surface area contributed by atoms with Gasteiger partial charge in [0, 0.05) is 36.3 Å². The van der Waals surface area contributed by atoms with Gasteiger partial charge in [0.1, 0.15) is 0 Å². The number of hydrogen-bond acceptors (Lipinski definition) is 3. The minimum atomic E-state index is -0.861. The number of carboxylic acids is 1. The molecule has 0 aliphatic heterocycles. The van der Waals surface area contributed by atoms with Crippen molar-refractivity contribution in [2.24, 2.45) is 0 Å². The Balaban J connectivity index is 1.67. The van der Waals surface area contributed by atoms with E-state index in [1.807, 2.05) is 18.2 Å². The first-order chi connectivity index (χ1) is 12.1. The lowest BCUT2D eigenvalue weighted by Crippen LogP contribution is -2.31. The summed E-state index contributed by atoms with van der Waals surface area (Å²) in [6.45, 7) is 0.552. The van der Waals surface area contributed by atoms with Gasteiger partial charge >= 0.3 is 5.97 Å². The fraction of sp³-hybridized carbons (Fsp3) is 0.350. The molecule has 0 radical (unpaired) electrons. The number of fused-ring (bicyclic) bond motifs is 1. The van der Waals surface area contributed by atoms with E-state index in [0.717, 1.165) is 30.5 Å². The van der Waals surface area contributed by atoms with Crippen molar-refractivity contribution in [2.45, 2.75) is 38.0 Å². The normalized spacial score (nSPS) is 16.1. The molecule has 130 valence electrons. The number of aliphatic carboxylic acids is 1. The minimum absolute atomic E-state index is 0.0181. The van der Waals surface area contributed by atoms with Gasteiger partial charge in [0.05, 0.1) is 0 Å². The Morgan fingerprint density at radius 1 is 1.20 bits per heavy atom. The van der Waals surface area contributed by atoms with Gasteiger partial charge < -0.3 is 10.4 Å². The van der Waals surface area contributed by atoms with Gasteiger partial charge in [0.15, 0.2) is 0 Å². The summed E-state index contributed by atoms with van der Waals surface area (Å²) in [5.41, 5.74) is 3.69. The zero-order chi connectivity index (χ0) is 17.6. The second-order valence-electron chi connectivity index (χ2n) is 6.40. The molecule has 25 heavy (non-hydrogen) atoms. The van der Waals surface area contributed by atoms with Crippen LogP contribution in [0.1, 0.15) is 52.4 Å². The summed E-state index contributed by atoms with van der Waals surface area (Å²) in [5.74, 6) is -0.774. The molecule has 0 saturated heterocycles. The number of aryl methyl sites for hydroxylation is 2. The van der Waals surface area contributed by atoms with Crippen LogP contribution in [0, 0.1) is 0 Å². The van der Waals surface area contributed by atoms with Crippen molar-refractivity contribution in [3.05, 3.63) is 65.0 Å². The Bertz CT molecular complexity index is 773. The first-order valence-electron chi connectivity index (χ1n) is 8.67. The van der Waals surface area contributed by atoms with Crippen LogP contribution in [0.15, 0.2) is 42.6 Å². The monoisotopic (exact) mass is 338 g/mol. The number of hydrogen-bond donors (Lipinski definition) is 2. The number of rotatable bonds is 6. The Morgan fingerprint density at radius 3 is 2.88 bits per heavy atom. The van der Waals surface area contributed by atoms with Crippen molar-refractivity contribution < 1.29 is 14.7 Å². The number of aromatic nitrogens is 1. The van der Waals surface area contributed by atoms with Gasteiger partial charge in [-0.3, -0.25) is 14.6 Å². The highest BCUT2D eigenvalue weighted by Gasteiger charge is 2.22. The number of carboxylic acid groups (broad SMARTS) is 1. The van der Waals surface area contributed by atoms with E-state index >= 15 is 0 Å². The lowest BCUT2D eigenvalue weighted by atomic mass is 9.86. The van der Waals surface area contributed by atoms with Crippen LogP contribution in [0.4, 0.5) is 0 Å². The quantitative estimate of drug-likeness (QED) is 0.849. The molecule has 2 N–H and O–H groups in total. The average Bonchev–Trinajstić information content (AvgIpc) is 2.64. The molecule has 5 heteroatoms. The number of nitrogens with one attached hydrogen (secondary N) is 1. The largest absolute Gasteiger partial charge is 0.481 e. The Morgan fingerprint density at radius 2 is 2.04 bits per heavy atom. The number of carbonyl (C=O) groups excluding carboxylic acids is 1. The van der Waals surface area contributed by atoms with Gasteiger partial charge in [-0.1, -0.05) is 24.3 Å². The van der Waals surface area contributed by atoms with Crippen molar-refractivity contribution in [1.29, 1.82) is 0 Å².